The van der Waals surface area contributed by atoms with E-state index in [-0.39, 0.29) is 24.8 Å². The summed E-state index contributed by atoms with van der Waals surface area (Å²) in [5.74, 6) is -0.752. The van der Waals surface area contributed by atoms with Gasteiger partial charge in [-0.3, -0.25) is 4.99 Å². The molecule has 1 aromatic carbocycles. The highest BCUT2D eigenvalue weighted by molar-refractivity contribution is 5.84. The Hall–Kier alpha value is -3.69. The Balaban J connectivity index is 1.59. The summed E-state index contributed by atoms with van der Waals surface area (Å²) in [7, 11) is 0. The predicted octanol–water partition coefficient (Wildman–Crippen LogP) is 3.96. The fourth-order valence-electron chi connectivity index (χ4n) is 4.66. The quantitative estimate of drug-likeness (QED) is 0.580. The number of nitrogens with two attached hydrogens (primary N) is 1. The van der Waals surface area contributed by atoms with E-state index < -0.39 is 17.4 Å². The molecule has 3 aliphatic heterocycles. The lowest BCUT2D eigenvalue weighted by atomic mass is 9.79. The zero-order valence-corrected chi connectivity index (χ0v) is 18.1. The molecule has 34 heavy (non-hydrogen) atoms. The van der Waals surface area contributed by atoms with Gasteiger partial charge < -0.3 is 19.9 Å². The van der Waals surface area contributed by atoms with Crippen LogP contribution in [0.25, 0.3) is 16.7 Å². The van der Waals surface area contributed by atoms with Crippen molar-refractivity contribution in [3.63, 3.8) is 0 Å². The summed E-state index contributed by atoms with van der Waals surface area (Å²) in [4.78, 5) is 12.7. The van der Waals surface area contributed by atoms with Crippen LogP contribution in [0.4, 0.5) is 8.78 Å². The first-order valence-corrected chi connectivity index (χ1v) is 10.9. The number of pyridine rings is 2. The van der Waals surface area contributed by atoms with Gasteiger partial charge in [0.25, 0.3) is 5.95 Å². The first kappa shape index (κ1) is 20.9. The van der Waals surface area contributed by atoms with Crippen LogP contribution in [-0.2, 0) is 15.0 Å². The van der Waals surface area contributed by atoms with Crippen LogP contribution in [-0.4, -0.2) is 42.2 Å². The average Bonchev–Trinajstić information content (AvgIpc) is 2.86. The summed E-state index contributed by atoms with van der Waals surface area (Å²) in [6.45, 7) is 1.21. The summed E-state index contributed by atoms with van der Waals surface area (Å²) in [6, 6.07) is 10.2. The predicted molar refractivity (Wildman–Crippen MR) is 121 cm³/mol. The molecule has 2 N–H and O–H groups in total. The van der Waals surface area contributed by atoms with E-state index in [1.807, 2.05) is 6.08 Å². The summed E-state index contributed by atoms with van der Waals surface area (Å²) in [6.07, 6.45) is 4.09. The second-order valence-electron chi connectivity index (χ2n) is 8.36. The number of aliphatic imine (C=N–C) groups is 1. The maximum Gasteiger partial charge on any atom is 0.256 e. The van der Waals surface area contributed by atoms with E-state index in [2.05, 4.69) is 9.97 Å². The minimum atomic E-state index is -1.19. The number of hydrogen-bond donors (Lipinski definition) is 1. The minimum absolute atomic E-state index is 0.0315. The number of nitrogens with zero attached hydrogens (tertiary/aromatic N) is 3. The normalized spacial score (nSPS) is 21.2. The molecular formula is C25H20F2N4O3. The van der Waals surface area contributed by atoms with E-state index in [0.717, 1.165) is 5.57 Å². The van der Waals surface area contributed by atoms with Crippen LogP contribution in [0.5, 0.6) is 11.5 Å². The molecule has 0 fully saturated rings. The van der Waals surface area contributed by atoms with Crippen LogP contribution >= 0.6 is 0 Å². The molecule has 6 rings (SSSR count). The standard InChI is InChI=1S/C25H20F2N4O3/c26-23-16(4-1-7-29-23)14-5-6-20-17(9-14)25(13-33-12-21(28)31-25)18-10-19(15-3-2-8-32-11-15)30-24(27)22(18)34-20/h1,3-7,9-10H,2,8,11-13H2,(H2,28,31)/t25-/m0/s1. The SMILES string of the molecule is NC1=N[C@@]2(COC1)c1cc(-c3cccnc3F)ccc1Oc1c2cc(C2=CCCOC2)nc1F. The fraction of sp³-hybridized carbons (Fsp3) is 0.240. The van der Waals surface area contributed by atoms with E-state index in [4.69, 9.17) is 24.9 Å². The zero-order valence-electron chi connectivity index (χ0n) is 18.1. The Labute approximate surface area is 193 Å². The van der Waals surface area contributed by atoms with Gasteiger partial charge in [0, 0.05) is 22.9 Å². The molecule has 5 heterocycles. The van der Waals surface area contributed by atoms with Gasteiger partial charge >= 0.3 is 0 Å². The Kier molecular flexibility index (Phi) is 4.89. The van der Waals surface area contributed by atoms with E-state index in [1.54, 1.807) is 36.4 Å². The Morgan fingerprint density at radius 1 is 1.00 bits per heavy atom. The van der Waals surface area contributed by atoms with Crippen LogP contribution < -0.4 is 10.5 Å². The maximum atomic E-state index is 15.3. The van der Waals surface area contributed by atoms with Gasteiger partial charge in [-0.25, -0.2) is 9.97 Å². The third-order valence-electron chi connectivity index (χ3n) is 6.22. The molecule has 0 unspecified atom stereocenters. The fourth-order valence-corrected chi connectivity index (χ4v) is 4.66. The van der Waals surface area contributed by atoms with Crippen LogP contribution in [0, 0.1) is 11.9 Å². The van der Waals surface area contributed by atoms with Crippen LogP contribution in [0.3, 0.4) is 0 Å². The van der Waals surface area contributed by atoms with Crippen molar-refractivity contribution in [2.75, 3.05) is 26.4 Å². The van der Waals surface area contributed by atoms with Crippen molar-refractivity contribution < 1.29 is 23.0 Å². The summed E-state index contributed by atoms with van der Waals surface area (Å²) < 4.78 is 47.1. The highest BCUT2D eigenvalue weighted by atomic mass is 19.1. The van der Waals surface area contributed by atoms with Gasteiger partial charge in [-0.1, -0.05) is 12.1 Å². The minimum Gasteiger partial charge on any atom is -0.452 e. The van der Waals surface area contributed by atoms with Gasteiger partial charge in [0.1, 0.15) is 23.7 Å². The van der Waals surface area contributed by atoms with Gasteiger partial charge in [0.15, 0.2) is 5.75 Å². The van der Waals surface area contributed by atoms with Gasteiger partial charge in [-0.15, -0.1) is 0 Å². The summed E-state index contributed by atoms with van der Waals surface area (Å²) in [5, 5.41) is 0. The first-order valence-electron chi connectivity index (χ1n) is 10.9. The summed E-state index contributed by atoms with van der Waals surface area (Å²) in [5.41, 5.74) is 8.10. The highest BCUT2D eigenvalue weighted by Crippen LogP contribution is 2.52. The van der Waals surface area contributed by atoms with Crippen molar-refractivity contribution in [3.05, 3.63) is 77.4 Å². The lowest BCUT2D eigenvalue weighted by Gasteiger charge is -2.39. The second kappa shape index (κ2) is 7.96. The molecule has 1 spiro atoms. The number of halogens is 2. The molecule has 0 bridgehead atoms. The first-order chi connectivity index (χ1) is 16.5. The van der Waals surface area contributed by atoms with E-state index >= 15 is 4.39 Å². The van der Waals surface area contributed by atoms with E-state index in [1.165, 1.54) is 6.20 Å². The average molecular weight is 462 g/mol. The topological polar surface area (TPSA) is 91.9 Å². The molecule has 2 aromatic heterocycles. The number of benzene rings is 1. The Morgan fingerprint density at radius 3 is 2.71 bits per heavy atom. The molecule has 0 saturated carbocycles. The molecule has 172 valence electrons. The lowest BCUT2D eigenvalue weighted by Crippen LogP contribution is -2.42. The molecule has 9 heteroatoms. The second-order valence-corrected chi connectivity index (χ2v) is 8.36. The molecular weight excluding hydrogens is 442 g/mol. The van der Waals surface area contributed by atoms with Crippen molar-refractivity contribution in [1.82, 2.24) is 9.97 Å². The van der Waals surface area contributed by atoms with Gasteiger partial charge in [-0.2, -0.15) is 8.78 Å². The third kappa shape index (κ3) is 3.27. The number of rotatable bonds is 2. The smallest absolute Gasteiger partial charge is 0.256 e. The van der Waals surface area contributed by atoms with Crippen LogP contribution in [0.1, 0.15) is 23.2 Å². The molecule has 3 aromatic rings. The van der Waals surface area contributed by atoms with Gasteiger partial charge in [0.2, 0.25) is 5.95 Å². The Morgan fingerprint density at radius 2 is 1.91 bits per heavy atom. The van der Waals surface area contributed by atoms with Gasteiger partial charge in [-0.05, 0) is 47.9 Å². The zero-order chi connectivity index (χ0) is 23.3. The monoisotopic (exact) mass is 462 g/mol. The third-order valence-corrected chi connectivity index (χ3v) is 6.22. The van der Waals surface area contributed by atoms with Gasteiger partial charge in [0.05, 0.1) is 25.5 Å². The van der Waals surface area contributed by atoms with E-state index in [9.17, 15) is 4.39 Å². The van der Waals surface area contributed by atoms with E-state index in [0.29, 0.717) is 53.3 Å². The largest absolute Gasteiger partial charge is 0.452 e. The van der Waals surface area contributed by atoms with Crippen molar-refractivity contribution in [2.24, 2.45) is 10.7 Å². The maximum absolute atomic E-state index is 15.3. The molecule has 0 saturated heterocycles. The molecule has 0 amide bonds. The molecule has 1 atom stereocenters. The molecule has 7 nitrogen and oxygen atoms in total. The number of amidine groups is 1. The highest BCUT2D eigenvalue weighted by Gasteiger charge is 2.46. The Bertz CT molecular complexity index is 1370. The lowest BCUT2D eigenvalue weighted by molar-refractivity contribution is 0.109. The number of hydrogen-bond acceptors (Lipinski definition) is 7. The summed E-state index contributed by atoms with van der Waals surface area (Å²) >= 11 is 0. The molecule has 0 aliphatic carbocycles. The van der Waals surface area contributed by atoms with Crippen LogP contribution in [0.15, 0.2) is 53.7 Å². The van der Waals surface area contributed by atoms with Crippen molar-refractivity contribution in [1.29, 1.82) is 0 Å². The van der Waals surface area contributed by atoms with Crippen molar-refractivity contribution in [2.45, 2.75) is 12.0 Å². The van der Waals surface area contributed by atoms with Crippen molar-refractivity contribution in [3.8, 4) is 22.6 Å². The van der Waals surface area contributed by atoms with Crippen molar-refractivity contribution >= 4 is 11.4 Å². The molecule has 3 aliphatic rings. The number of aromatic nitrogens is 2. The number of ether oxygens (including phenoxy) is 3. The number of fused-ring (bicyclic) bond motifs is 4. The molecule has 0 radical (unpaired) electrons. The van der Waals surface area contributed by atoms with Crippen LogP contribution in [0.2, 0.25) is 0 Å².